The molecule has 0 aromatic heterocycles. The van der Waals surface area contributed by atoms with Crippen LogP contribution in [-0.4, -0.2) is 11.9 Å². The lowest BCUT2D eigenvalue weighted by atomic mass is 9.86. The first-order chi connectivity index (χ1) is 11.7. The van der Waals surface area contributed by atoms with E-state index in [1.807, 2.05) is 0 Å². The summed E-state index contributed by atoms with van der Waals surface area (Å²) in [4.78, 5) is 4.94. The summed E-state index contributed by atoms with van der Waals surface area (Å²) in [6.45, 7) is 0. The molecule has 0 amide bonds. The van der Waals surface area contributed by atoms with E-state index in [0.717, 1.165) is 0 Å². The van der Waals surface area contributed by atoms with Crippen molar-refractivity contribution in [3.8, 4) is 0 Å². The summed E-state index contributed by atoms with van der Waals surface area (Å²) in [7, 11) is 0. The Balaban J connectivity index is 2.03. The third kappa shape index (κ3) is 3.27. The molecule has 1 aliphatic rings. The van der Waals surface area contributed by atoms with Crippen LogP contribution in [0.4, 0.5) is 18.9 Å². The number of oxime groups is 1. The second-order valence-corrected chi connectivity index (χ2v) is 6.39. The van der Waals surface area contributed by atoms with Crippen LogP contribution in [-0.2, 0) is 10.4 Å². The molecule has 2 aromatic carbocycles. The number of alkyl halides is 3. The molecule has 9 heteroatoms. The van der Waals surface area contributed by atoms with E-state index in [-0.39, 0.29) is 21.3 Å². The number of rotatable bonds is 3. The van der Waals surface area contributed by atoms with Gasteiger partial charge in [-0.25, -0.2) is 0 Å². The highest BCUT2D eigenvalue weighted by molar-refractivity contribution is 6.34. The van der Waals surface area contributed by atoms with Crippen molar-refractivity contribution in [1.29, 1.82) is 0 Å². The van der Waals surface area contributed by atoms with Gasteiger partial charge in [0, 0.05) is 33.3 Å². The third-order valence-electron chi connectivity index (χ3n) is 3.88. The maximum Gasteiger partial charge on any atom is 0.435 e. The molecule has 0 aliphatic carbocycles. The Labute approximate surface area is 151 Å². The van der Waals surface area contributed by atoms with Gasteiger partial charge in [-0.15, -0.1) is 0 Å². The van der Waals surface area contributed by atoms with Crippen molar-refractivity contribution in [3.05, 3.63) is 63.6 Å². The molecule has 0 spiro atoms. The minimum absolute atomic E-state index is 0.0810. The number of nitrogens with two attached hydrogens (primary N) is 1. The molecule has 0 unspecified atom stereocenters. The number of halogens is 5. The minimum atomic E-state index is -4.73. The molecule has 0 fully saturated rings. The smallest absolute Gasteiger partial charge is 0.374 e. The molecule has 0 radical (unpaired) electrons. The van der Waals surface area contributed by atoms with E-state index in [9.17, 15) is 13.2 Å². The van der Waals surface area contributed by atoms with E-state index in [1.54, 1.807) is 24.3 Å². The number of hydrogen-bond acceptors (Lipinski definition) is 4. The second-order valence-electron chi connectivity index (χ2n) is 5.51. The number of anilines is 1. The Kier molecular flexibility index (Phi) is 4.57. The van der Waals surface area contributed by atoms with E-state index in [4.69, 9.17) is 33.9 Å². The summed E-state index contributed by atoms with van der Waals surface area (Å²) >= 11 is 11.7. The first-order valence-corrected chi connectivity index (χ1v) is 7.86. The van der Waals surface area contributed by atoms with Crippen molar-refractivity contribution in [2.45, 2.75) is 18.2 Å². The van der Waals surface area contributed by atoms with Gasteiger partial charge < -0.3 is 10.3 Å². The monoisotopic (exact) mass is 389 g/mol. The summed E-state index contributed by atoms with van der Waals surface area (Å²) in [6, 6.07) is 10.2. The van der Waals surface area contributed by atoms with E-state index in [2.05, 4.69) is 10.6 Å². The van der Waals surface area contributed by atoms with Crippen molar-refractivity contribution in [2.75, 3.05) is 5.43 Å². The van der Waals surface area contributed by atoms with Gasteiger partial charge in [-0.05, 0) is 30.3 Å². The minimum Gasteiger partial charge on any atom is -0.374 e. The summed E-state index contributed by atoms with van der Waals surface area (Å²) in [5.41, 5.74) is 0.730. The van der Waals surface area contributed by atoms with Crippen molar-refractivity contribution in [2.24, 2.45) is 11.0 Å². The molecular formula is C16H12Cl2F3N3O. The van der Waals surface area contributed by atoms with Gasteiger partial charge in [0.15, 0.2) is 0 Å². The Hall–Kier alpha value is -1.96. The molecule has 4 nitrogen and oxygen atoms in total. The summed E-state index contributed by atoms with van der Waals surface area (Å²) < 4.78 is 41.6. The maximum atomic E-state index is 13.9. The zero-order valence-electron chi connectivity index (χ0n) is 12.6. The standard InChI is InChI=1S/C16H12Cl2F3N3O/c17-11-5-10(6-12(18)7-11)15(16(19,20)21)8-14(24-25-15)9-2-1-3-13(4-9)23-22/h1-7,23H,8,22H2/t15-/m1/s1. The van der Waals surface area contributed by atoms with Gasteiger partial charge in [-0.3, -0.25) is 5.84 Å². The van der Waals surface area contributed by atoms with Crippen molar-refractivity contribution in [1.82, 2.24) is 0 Å². The van der Waals surface area contributed by atoms with Gasteiger partial charge in [0.2, 0.25) is 0 Å². The molecule has 25 heavy (non-hydrogen) atoms. The zero-order valence-corrected chi connectivity index (χ0v) is 14.1. The highest BCUT2D eigenvalue weighted by Gasteiger charge is 2.62. The zero-order chi connectivity index (χ0) is 18.2. The van der Waals surface area contributed by atoms with E-state index < -0.39 is 18.2 Å². The number of nitrogens with zero attached hydrogens (tertiary/aromatic N) is 1. The van der Waals surface area contributed by atoms with Crippen molar-refractivity contribution in [3.63, 3.8) is 0 Å². The fraction of sp³-hybridized carbons (Fsp3) is 0.188. The fourth-order valence-corrected chi connectivity index (χ4v) is 3.16. The average molecular weight is 390 g/mol. The molecule has 0 bridgehead atoms. The predicted octanol–water partition coefficient (Wildman–Crippen LogP) is 4.86. The third-order valence-corrected chi connectivity index (χ3v) is 4.31. The van der Waals surface area contributed by atoms with Gasteiger partial charge >= 0.3 is 6.18 Å². The average Bonchev–Trinajstić information content (AvgIpc) is 3.00. The normalized spacial score (nSPS) is 20.2. The van der Waals surface area contributed by atoms with E-state index in [1.165, 1.54) is 18.2 Å². The largest absolute Gasteiger partial charge is 0.435 e. The van der Waals surface area contributed by atoms with Crippen molar-refractivity contribution < 1.29 is 18.0 Å². The van der Waals surface area contributed by atoms with Crippen LogP contribution in [0.25, 0.3) is 0 Å². The molecule has 2 aromatic rings. The topological polar surface area (TPSA) is 59.6 Å². The Morgan fingerprint density at radius 3 is 2.40 bits per heavy atom. The number of nitrogens with one attached hydrogen (secondary N) is 1. The Bertz CT molecular complexity index is 821. The van der Waals surface area contributed by atoms with Crippen LogP contribution in [0.15, 0.2) is 47.6 Å². The van der Waals surface area contributed by atoms with Gasteiger partial charge in [-0.2, -0.15) is 13.2 Å². The van der Waals surface area contributed by atoms with E-state index >= 15 is 0 Å². The van der Waals surface area contributed by atoms with Gasteiger partial charge in [-0.1, -0.05) is 40.5 Å². The molecule has 3 N–H and O–H groups in total. The van der Waals surface area contributed by atoms with Gasteiger partial charge in [0.25, 0.3) is 5.60 Å². The highest BCUT2D eigenvalue weighted by atomic mass is 35.5. The lowest BCUT2D eigenvalue weighted by Gasteiger charge is -2.29. The van der Waals surface area contributed by atoms with Crippen molar-refractivity contribution >= 4 is 34.6 Å². The van der Waals surface area contributed by atoms with Crippen LogP contribution >= 0.6 is 23.2 Å². The number of hydrogen-bond donors (Lipinski definition) is 2. The Morgan fingerprint density at radius 2 is 1.80 bits per heavy atom. The molecule has 1 aliphatic heterocycles. The SMILES string of the molecule is NNc1cccc(C2=NO[C@](c3cc(Cl)cc(Cl)c3)(C(F)(F)F)C2)c1. The molecule has 1 heterocycles. The summed E-state index contributed by atoms with van der Waals surface area (Å²) in [6.07, 6.45) is -5.24. The van der Waals surface area contributed by atoms with Crippen LogP contribution in [0.3, 0.4) is 0 Å². The Morgan fingerprint density at radius 1 is 1.12 bits per heavy atom. The molecule has 3 rings (SSSR count). The molecule has 132 valence electrons. The number of nitrogen functional groups attached to an aromatic ring is 1. The lowest BCUT2D eigenvalue weighted by Crippen LogP contribution is -2.42. The first-order valence-electron chi connectivity index (χ1n) is 7.10. The number of benzene rings is 2. The molecule has 1 atom stereocenters. The van der Waals surface area contributed by atoms with Gasteiger partial charge in [0.05, 0.1) is 5.71 Å². The molecule has 0 saturated carbocycles. The second kappa shape index (κ2) is 6.40. The predicted molar refractivity (Wildman–Crippen MR) is 90.7 cm³/mol. The fourth-order valence-electron chi connectivity index (χ4n) is 2.63. The molecule has 0 saturated heterocycles. The maximum absolute atomic E-state index is 13.9. The van der Waals surface area contributed by atoms with Crippen LogP contribution in [0.1, 0.15) is 17.5 Å². The van der Waals surface area contributed by atoms with E-state index in [0.29, 0.717) is 11.3 Å². The van der Waals surface area contributed by atoms with Gasteiger partial charge in [0.1, 0.15) is 0 Å². The quantitative estimate of drug-likeness (QED) is 0.581. The first kappa shape index (κ1) is 17.8. The van der Waals surface area contributed by atoms with Crippen LogP contribution < -0.4 is 11.3 Å². The van der Waals surface area contributed by atoms with Crippen LogP contribution in [0.5, 0.6) is 0 Å². The van der Waals surface area contributed by atoms with Crippen LogP contribution in [0, 0.1) is 0 Å². The highest BCUT2D eigenvalue weighted by Crippen LogP contribution is 2.49. The number of hydrazine groups is 1. The van der Waals surface area contributed by atoms with Crippen LogP contribution in [0.2, 0.25) is 10.0 Å². The lowest BCUT2D eigenvalue weighted by molar-refractivity contribution is -0.275. The summed E-state index contributed by atoms with van der Waals surface area (Å²) in [5.74, 6) is 5.33. The molecular weight excluding hydrogens is 378 g/mol. The summed E-state index contributed by atoms with van der Waals surface area (Å²) in [5, 5.41) is 3.84.